The first-order chi connectivity index (χ1) is 9.39. The summed E-state index contributed by atoms with van der Waals surface area (Å²) in [5, 5.41) is 0. The fourth-order valence-corrected chi connectivity index (χ4v) is 2.17. The van der Waals surface area contributed by atoms with Crippen molar-refractivity contribution in [2.75, 3.05) is 0 Å². The van der Waals surface area contributed by atoms with Crippen LogP contribution >= 0.6 is 0 Å². The Labute approximate surface area is 119 Å². The molecule has 1 aromatic carbocycles. The smallest absolute Gasteiger partial charge is 0.398 e. The number of benzene rings is 1. The lowest BCUT2D eigenvalue weighted by Crippen LogP contribution is -2.41. The van der Waals surface area contributed by atoms with Crippen LogP contribution in [0.1, 0.15) is 27.7 Å². The normalized spacial score (nSPS) is 20.3. The van der Waals surface area contributed by atoms with E-state index in [-0.39, 0.29) is 11.2 Å². The molecule has 104 valence electrons. The van der Waals surface area contributed by atoms with Gasteiger partial charge in [0.2, 0.25) is 0 Å². The minimum Gasteiger partial charge on any atom is -0.398 e. The number of hydrogen-bond donors (Lipinski definition) is 1. The van der Waals surface area contributed by atoms with Crippen molar-refractivity contribution < 1.29 is 9.31 Å². The third-order valence-electron chi connectivity index (χ3n) is 4.15. The Morgan fingerprint density at radius 1 is 1.00 bits per heavy atom. The number of aromatic nitrogens is 2. The maximum Gasteiger partial charge on any atom is 0.513 e. The second kappa shape index (κ2) is 4.47. The largest absolute Gasteiger partial charge is 0.513 e. The lowest BCUT2D eigenvalue weighted by atomic mass is 9.86. The van der Waals surface area contributed by atoms with Crippen molar-refractivity contribution in [3.8, 4) is 11.4 Å². The number of imidazole rings is 1. The van der Waals surface area contributed by atoms with E-state index in [0.29, 0.717) is 0 Å². The summed E-state index contributed by atoms with van der Waals surface area (Å²) < 4.78 is 12.0. The second-order valence-electron chi connectivity index (χ2n) is 6.14. The molecule has 0 bridgehead atoms. The summed E-state index contributed by atoms with van der Waals surface area (Å²) in [6.07, 6.45) is 1.78. The van der Waals surface area contributed by atoms with E-state index in [4.69, 9.17) is 9.31 Å². The lowest BCUT2D eigenvalue weighted by molar-refractivity contribution is 0.00578. The highest BCUT2D eigenvalue weighted by atomic mass is 16.7. The molecule has 0 aliphatic carbocycles. The van der Waals surface area contributed by atoms with Crippen LogP contribution in [0.25, 0.3) is 11.4 Å². The molecule has 1 aliphatic rings. The molecule has 1 saturated heterocycles. The number of nitrogens with one attached hydrogen (secondary N) is 1. The number of H-pyrrole nitrogens is 1. The highest BCUT2D eigenvalue weighted by molar-refractivity contribution is 6.61. The zero-order chi connectivity index (χ0) is 14.4. The molecule has 2 heterocycles. The van der Waals surface area contributed by atoms with Gasteiger partial charge in [-0.3, -0.25) is 0 Å². The van der Waals surface area contributed by atoms with Crippen LogP contribution in [0.15, 0.2) is 36.5 Å². The van der Waals surface area contributed by atoms with E-state index in [9.17, 15) is 0 Å². The minimum atomic E-state index is -0.398. The molecule has 0 radical (unpaired) electrons. The molecule has 1 fully saturated rings. The fourth-order valence-electron chi connectivity index (χ4n) is 2.17. The van der Waals surface area contributed by atoms with Crippen LogP contribution in [0.5, 0.6) is 0 Å². The van der Waals surface area contributed by atoms with Crippen LogP contribution in [-0.2, 0) is 9.31 Å². The van der Waals surface area contributed by atoms with Crippen molar-refractivity contribution in [1.82, 2.24) is 9.97 Å². The molecule has 1 N–H and O–H groups in total. The van der Waals surface area contributed by atoms with E-state index in [0.717, 1.165) is 17.0 Å². The summed E-state index contributed by atoms with van der Waals surface area (Å²) in [7, 11) is -0.398. The maximum absolute atomic E-state index is 6.01. The topological polar surface area (TPSA) is 47.1 Å². The van der Waals surface area contributed by atoms with Crippen LogP contribution in [0, 0.1) is 0 Å². The first-order valence-electron chi connectivity index (χ1n) is 6.85. The van der Waals surface area contributed by atoms with Gasteiger partial charge in [0.05, 0.1) is 16.8 Å². The number of rotatable bonds is 2. The van der Waals surface area contributed by atoms with Gasteiger partial charge in [0.15, 0.2) is 0 Å². The molecule has 1 aromatic heterocycles. The van der Waals surface area contributed by atoms with Gasteiger partial charge in [-0.25, -0.2) is 4.98 Å². The van der Waals surface area contributed by atoms with Crippen LogP contribution in [0.2, 0.25) is 0 Å². The molecule has 20 heavy (non-hydrogen) atoms. The van der Waals surface area contributed by atoms with E-state index < -0.39 is 7.12 Å². The van der Waals surface area contributed by atoms with Crippen LogP contribution in [0.3, 0.4) is 0 Å². The standard InChI is InChI=1S/C15H19BN2O2/c1-14(2)15(3,4)20-16(19-14)12-10-17-13(18-12)11-8-6-5-7-9-11/h5-10H,1-4H3,(H,17,18). The van der Waals surface area contributed by atoms with E-state index in [1.165, 1.54) is 0 Å². The summed E-state index contributed by atoms with van der Waals surface area (Å²) in [6, 6.07) is 10.0. The van der Waals surface area contributed by atoms with Gasteiger partial charge in [0.1, 0.15) is 5.82 Å². The number of aromatic amines is 1. The molecule has 1 aliphatic heterocycles. The Balaban J connectivity index is 1.86. The molecular weight excluding hydrogens is 251 g/mol. The summed E-state index contributed by atoms with van der Waals surface area (Å²) >= 11 is 0. The molecular formula is C15H19BN2O2. The number of hydrogen-bond acceptors (Lipinski definition) is 3. The highest BCUT2D eigenvalue weighted by Crippen LogP contribution is 2.36. The Morgan fingerprint density at radius 3 is 2.20 bits per heavy atom. The zero-order valence-electron chi connectivity index (χ0n) is 12.3. The van der Waals surface area contributed by atoms with Gasteiger partial charge in [-0.05, 0) is 27.7 Å². The second-order valence-corrected chi connectivity index (χ2v) is 6.14. The van der Waals surface area contributed by atoms with Crippen molar-refractivity contribution in [3.05, 3.63) is 36.5 Å². The average molecular weight is 270 g/mol. The van der Waals surface area contributed by atoms with Gasteiger partial charge in [-0.2, -0.15) is 0 Å². The monoisotopic (exact) mass is 270 g/mol. The van der Waals surface area contributed by atoms with Gasteiger partial charge < -0.3 is 14.3 Å². The zero-order valence-corrected chi connectivity index (χ0v) is 12.3. The average Bonchev–Trinajstić information content (AvgIpc) is 2.94. The first-order valence-corrected chi connectivity index (χ1v) is 6.85. The van der Waals surface area contributed by atoms with E-state index in [1.807, 2.05) is 58.0 Å². The molecule has 5 heteroatoms. The molecule has 4 nitrogen and oxygen atoms in total. The van der Waals surface area contributed by atoms with Gasteiger partial charge in [-0.1, -0.05) is 30.3 Å². The van der Waals surface area contributed by atoms with Crippen molar-refractivity contribution in [2.45, 2.75) is 38.9 Å². The van der Waals surface area contributed by atoms with Gasteiger partial charge in [0, 0.05) is 11.8 Å². The van der Waals surface area contributed by atoms with Crippen LogP contribution in [-0.4, -0.2) is 28.3 Å². The lowest BCUT2D eigenvalue weighted by Gasteiger charge is -2.32. The van der Waals surface area contributed by atoms with E-state index >= 15 is 0 Å². The van der Waals surface area contributed by atoms with Crippen LogP contribution in [0.4, 0.5) is 0 Å². The van der Waals surface area contributed by atoms with Crippen LogP contribution < -0.4 is 5.59 Å². The van der Waals surface area contributed by atoms with Crippen molar-refractivity contribution in [1.29, 1.82) is 0 Å². The fraction of sp³-hybridized carbons (Fsp3) is 0.400. The summed E-state index contributed by atoms with van der Waals surface area (Å²) in [6.45, 7) is 8.17. The van der Waals surface area contributed by atoms with Gasteiger partial charge in [-0.15, -0.1) is 0 Å². The molecule has 2 aromatic rings. The molecule has 0 spiro atoms. The predicted molar refractivity (Wildman–Crippen MR) is 79.7 cm³/mol. The SMILES string of the molecule is CC1(C)OB(c2cnc(-c3ccccc3)[nH]2)OC1(C)C. The molecule has 0 amide bonds. The summed E-state index contributed by atoms with van der Waals surface area (Å²) in [4.78, 5) is 7.70. The van der Waals surface area contributed by atoms with Crippen molar-refractivity contribution in [2.24, 2.45) is 0 Å². The molecule has 0 unspecified atom stereocenters. The minimum absolute atomic E-state index is 0.338. The Kier molecular flexibility index (Phi) is 2.99. The third-order valence-corrected chi connectivity index (χ3v) is 4.15. The Morgan fingerprint density at radius 2 is 1.60 bits per heavy atom. The molecule has 0 saturated carbocycles. The predicted octanol–water partition coefficient (Wildman–Crippen LogP) is 2.38. The molecule has 3 rings (SSSR count). The highest BCUT2D eigenvalue weighted by Gasteiger charge is 2.52. The number of nitrogens with zero attached hydrogens (tertiary/aromatic N) is 1. The van der Waals surface area contributed by atoms with E-state index in [2.05, 4.69) is 9.97 Å². The third kappa shape index (κ3) is 2.17. The van der Waals surface area contributed by atoms with E-state index in [1.54, 1.807) is 6.20 Å². The quantitative estimate of drug-likeness (QED) is 0.852. The summed E-state index contributed by atoms with van der Waals surface area (Å²) in [5.74, 6) is 0.829. The molecule has 0 atom stereocenters. The Hall–Kier alpha value is -1.59. The van der Waals surface area contributed by atoms with Crippen molar-refractivity contribution in [3.63, 3.8) is 0 Å². The van der Waals surface area contributed by atoms with Gasteiger partial charge in [0.25, 0.3) is 0 Å². The van der Waals surface area contributed by atoms with Crippen molar-refractivity contribution >= 4 is 12.7 Å². The Bertz CT molecular complexity index is 591. The first kappa shape index (κ1) is 13.4. The van der Waals surface area contributed by atoms with Gasteiger partial charge >= 0.3 is 7.12 Å². The summed E-state index contributed by atoms with van der Waals surface area (Å²) in [5.41, 5.74) is 1.23. The maximum atomic E-state index is 6.01.